The van der Waals surface area contributed by atoms with Crippen molar-refractivity contribution in [2.45, 2.75) is 13.8 Å². The largest absolute Gasteiger partial charge is 0.483 e. The molecule has 0 saturated carbocycles. The number of nitrogens with one attached hydrogen (secondary N) is 1. The van der Waals surface area contributed by atoms with Gasteiger partial charge in [-0.15, -0.1) is 0 Å². The Morgan fingerprint density at radius 3 is 2.58 bits per heavy atom. The topological polar surface area (TPSA) is 84.9 Å². The normalized spacial score (nSPS) is 10.1. The van der Waals surface area contributed by atoms with Gasteiger partial charge < -0.3 is 19.9 Å². The summed E-state index contributed by atoms with van der Waals surface area (Å²) in [5, 5.41) is 11.3. The molecule has 0 bridgehead atoms. The van der Waals surface area contributed by atoms with Crippen LogP contribution in [0.25, 0.3) is 0 Å². The van der Waals surface area contributed by atoms with Crippen molar-refractivity contribution in [3.63, 3.8) is 0 Å². The first-order valence-electron chi connectivity index (χ1n) is 7.38. The zero-order valence-electron chi connectivity index (χ0n) is 13.5. The molecule has 0 spiro atoms. The average molecular weight is 329 g/mol. The molecule has 0 heterocycles. The van der Waals surface area contributed by atoms with Gasteiger partial charge in [0.25, 0.3) is 5.91 Å². The van der Waals surface area contributed by atoms with Crippen LogP contribution in [0.4, 0.5) is 5.69 Å². The molecule has 2 rings (SSSR count). The van der Waals surface area contributed by atoms with Gasteiger partial charge in [0.05, 0.1) is 0 Å². The maximum Gasteiger partial charge on any atom is 0.341 e. The van der Waals surface area contributed by atoms with E-state index in [2.05, 4.69) is 5.32 Å². The number of carbonyl (C=O) groups is 2. The Kier molecular flexibility index (Phi) is 5.78. The minimum absolute atomic E-state index is 0.121. The number of rotatable bonds is 7. The van der Waals surface area contributed by atoms with Crippen LogP contribution in [0.5, 0.6) is 11.5 Å². The summed E-state index contributed by atoms with van der Waals surface area (Å²) in [6.45, 7) is 3.31. The molecular weight excluding hydrogens is 310 g/mol. The first-order chi connectivity index (χ1) is 11.4. The molecule has 6 heteroatoms. The van der Waals surface area contributed by atoms with Crippen molar-refractivity contribution in [2.75, 3.05) is 18.5 Å². The van der Waals surface area contributed by atoms with Crippen LogP contribution in [0.3, 0.4) is 0 Å². The smallest absolute Gasteiger partial charge is 0.341 e. The minimum Gasteiger partial charge on any atom is -0.483 e. The van der Waals surface area contributed by atoms with E-state index in [0.717, 1.165) is 11.1 Å². The van der Waals surface area contributed by atoms with Gasteiger partial charge in [0.2, 0.25) is 0 Å². The van der Waals surface area contributed by atoms with E-state index in [-0.39, 0.29) is 12.5 Å². The van der Waals surface area contributed by atoms with E-state index in [1.807, 2.05) is 32.0 Å². The zero-order valence-corrected chi connectivity index (χ0v) is 13.5. The highest BCUT2D eigenvalue weighted by Crippen LogP contribution is 2.20. The van der Waals surface area contributed by atoms with Crippen LogP contribution < -0.4 is 14.8 Å². The van der Waals surface area contributed by atoms with E-state index in [1.165, 1.54) is 0 Å². The first kappa shape index (κ1) is 17.3. The molecule has 0 unspecified atom stereocenters. The van der Waals surface area contributed by atoms with Crippen molar-refractivity contribution in [1.29, 1.82) is 0 Å². The van der Waals surface area contributed by atoms with Crippen LogP contribution in [-0.2, 0) is 9.59 Å². The van der Waals surface area contributed by atoms with E-state index in [9.17, 15) is 9.59 Å². The van der Waals surface area contributed by atoms with E-state index in [4.69, 9.17) is 14.6 Å². The highest BCUT2D eigenvalue weighted by molar-refractivity contribution is 5.92. The molecule has 0 radical (unpaired) electrons. The van der Waals surface area contributed by atoms with Crippen molar-refractivity contribution in [2.24, 2.45) is 0 Å². The van der Waals surface area contributed by atoms with Crippen molar-refractivity contribution in [3.8, 4) is 11.5 Å². The van der Waals surface area contributed by atoms with E-state index >= 15 is 0 Å². The predicted octanol–water partition coefficient (Wildman–Crippen LogP) is 2.78. The number of ether oxygens (including phenoxy) is 2. The van der Waals surface area contributed by atoms with Gasteiger partial charge in [0, 0.05) is 11.8 Å². The molecule has 2 N–H and O–H groups in total. The van der Waals surface area contributed by atoms with Crippen LogP contribution in [0.1, 0.15) is 11.1 Å². The van der Waals surface area contributed by atoms with Gasteiger partial charge in [-0.25, -0.2) is 4.79 Å². The molecular formula is C18H19NO5. The molecule has 2 aromatic carbocycles. The lowest BCUT2D eigenvalue weighted by atomic mass is 10.1. The summed E-state index contributed by atoms with van der Waals surface area (Å²) in [5.74, 6) is -0.341. The molecule has 1 amide bonds. The fourth-order valence-corrected chi connectivity index (χ4v) is 2.01. The van der Waals surface area contributed by atoms with Gasteiger partial charge in [-0.3, -0.25) is 4.79 Å². The average Bonchev–Trinajstić information content (AvgIpc) is 2.54. The molecule has 126 valence electrons. The summed E-state index contributed by atoms with van der Waals surface area (Å²) in [6, 6.07) is 12.3. The lowest BCUT2D eigenvalue weighted by molar-refractivity contribution is -0.139. The summed E-state index contributed by atoms with van der Waals surface area (Å²) < 4.78 is 10.6. The molecule has 0 fully saturated rings. The van der Waals surface area contributed by atoms with Crippen molar-refractivity contribution < 1.29 is 24.2 Å². The van der Waals surface area contributed by atoms with Crippen LogP contribution in [0, 0.1) is 13.8 Å². The van der Waals surface area contributed by atoms with Crippen LogP contribution in [-0.4, -0.2) is 30.2 Å². The number of aryl methyl sites for hydroxylation is 2. The van der Waals surface area contributed by atoms with Crippen molar-refractivity contribution >= 4 is 17.6 Å². The van der Waals surface area contributed by atoms with Gasteiger partial charge in [0.15, 0.2) is 13.2 Å². The van der Waals surface area contributed by atoms with Gasteiger partial charge in [0.1, 0.15) is 11.5 Å². The Morgan fingerprint density at radius 1 is 1.04 bits per heavy atom. The predicted molar refractivity (Wildman–Crippen MR) is 89.6 cm³/mol. The minimum atomic E-state index is -1.06. The second-order valence-electron chi connectivity index (χ2n) is 5.32. The molecule has 0 aliphatic carbocycles. The van der Waals surface area contributed by atoms with Gasteiger partial charge in [-0.2, -0.15) is 0 Å². The summed E-state index contributed by atoms with van der Waals surface area (Å²) >= 11 is 0. The SMILES string of the molecule is Cc1ccc(C)c(OCC(=O)Nc2cccc(OCC(=O)O)c2)c1. The second-order valence-corrected chi connectivity index (χ2v) is 5.32. The molecule has 0 atom stereocenters. The zero-order chi connectivity index (χ0) is 17.5. The third-order valence-electron chi connectivity index (χ3n) is 3.18. The lowest BCUT2D eigenvalue weighted by Crippen LogP contribution is -2.20. The number of hydrogen-bond donors (Lipinski definition) is 2. The Morgan fingerprint density at radius 2 is 1.83 bits per heavy atom. The van der Waals surface area contributed by atoms with Crippen molar-refractivity contribution in [1.82, 2.24) is 0 Å². The maximum atomic E-state index is 12.0. The highest BCUT2D eigenvalue weighted by Gasteiger charge is 2.07. The molecule has 0 saturated heterocycles. The van der Waals surface area contributed by atoms with Crippen LogP contribution >= 0.6 is 0 Å². The van der Waals surface area contributed by atoms with Gasteiger partial charge >= 0.3 is 5.97 Å². The number of benzene rings is 2. The van der Waals surface area contributed by atoms with Crippen molar-refractivity contribution in [3.05, 3.63) is 53.6 Å². The van der Waals surface area contributed by atoms with E-state index in [0.29, 0.717) is 17.2 Å². The van der Waals surface area contributed by atoms with E-state index in [1.54, 1.807) is 24.3 Å². The molecule has 0 aliphatic heterocycles. The summed E-state index contributed by atoms with van der Waals surface area (Å²) in [6.07, 6.45) is 0. The number of aliphatic carboxylic acids is 1. The Hall–Kier alpha value is -3.02. The Bertz CT molecular complexity index is 742. The van der Waals surface area contributed by atoms with Gasteiger partial charge in [-0.1, -0.05) is 18.2 Å². The number of carboxylic acid groups (broad SMARTS) is 1. The fraction of sp³-hybridized carbons (Fsp3) is 0.222. The van der Waals surface area contributed by atoms with Crippen LogP contribution in [0.2, 0.25) is 0 Å². The third-order valence-corrected chi connectivity index (χ3v) is 3.18. The Balaban J connectivity index is 1.91. The third kappa shape index (κ3) is 5.31. The highest BCUT2D eigenvalue weighted by atomic mass is 16.5. The number of carbonyl (C=O) groups excluding carboxylic acids is 1. The number of carboxylic acids is 1. The van der Waals surface area contributed by atoms with E-state index < -0.39 is 12.6 Å². The number of hydrogen-bond acceptors (Lipinski definition) is 4. The van der Waals surface area contributed by atoms with Gasteiger partial charge in [-0.05, 0) is 43.2 Å². The molecule has 2 aromatic rings. The fourth-order valence-electron chi connectivity index (χ4n) is 2.01. The summed E-state index contributed by atoms with van der Waals surface area (Å²) in [4.78, 5) is 22.5. The summed E-state index contributed by atoms with van der Waals surface area (Å²) in [7, 11) is 0. The lowest BCUT2D eigenvalue weighted by Gasteiger charge is -2.11. The summed E-state index contributed by atoms with van der Waals surface area (Å²) in [5.41, 5.74) is 2.52. The maximum absolute atomic E-state index is 12.0. The molecule has 0 aromatic heterocycles. The molecule has 24 heavy (non-hydrogen) atoms. The quantitative estimate of drug-likeness (QED) is 0.816. The van der Waals surface area contributed by atoms with Crippen LogP contribution in [0.15, 0.2) is 42.5 Å². The monoisotopic (exact) mass is 329 g/mol. The second kappa shape index (κ2) is 8.01. The number of anilines is 1. The standard InChI is InChI=1S/C18H19NO5/c1-12-6-7-13(2)16(8-12)24-10-17(20)19-14-4-3-5-15(9-14)23-11-18(21)22/h3-9H,10-11H2,1-2H3,(H,19,20)(H,21,22). The number of amides is 1. The molecule has 0 aliphatic rings. The Labute approximate surface area is 140 Å². The first-order valence-corrected chi connectivity index (χ1v) is 7.38. The molecule has 6 nitrogen and oxygen atoms in total.